The van der Waals surface area contributed by atoms with Crippen LogP contribution in [0.3, 0.4) is 0 Å². The molecule has 0 aliphatic carbocycles. The van der Waals surface area contributed by atoms with Gasteiger partial charge in [-0.2, -0.15) is 0 Å². The summed E-state index contributed by atoms with van der Waals surface area (Å²) < 4.78 is 11.4. The number of pyridine rings is 1. The number of carbonyl (C=O) groups excluding carboxylic acids is 1. The molecule has 2 heterocycles. The molecule has 136 valence electrons. The van der Waals surface area contributed by atoms with Gasteiger partial charge in [-0.05, 0) is 72.5 Å². The largest absolute Gasteiger partial charge is 0.485 e. The van der Waals surface area contributed by atoms with Crippen LogP contribution in [-0.4, -0.2) is 23.6 Å². The fraction of sp³-hybridized carbons (Fsp3) is 0.182. The molecular weight excluding hydrogens is 340 g/mol. The maximum Gasteiger partial charge on any atom is 0.269 e. The van der Waals surface area contributed by atoms with E-state index in [0.29, 0.717) is 11.5 Å². The van der Waals surface area contributed by atoms with Crippen LogP contribution in [0.1, 0.15) is 11.1 Å². The fourth-order valence-electron chi connectivity index (χ4n) is 3.16. The van der Waals surface area contributed by atoms with Crippen molar-refractivity contribution in [2.24, 2.45) is 0 Å². The number of ether oxygens (including phenoxy) is 2. The molecule has 1 aromatic heterocycles. The molecule has 3 aromatic rings. The first kappa shape index (κ1) is 17.1. The van der Waals surface area contributed by atoms with Gasteiger partial charge in [-0.1, -0.05) is 12.1 Å². The summed E-state index contributed by atoms with van der Waals surface area (Å²) in [6.07, 6.45) is 2.87. The number of aryl methyl sites for hydroxylation is 2. The van der Waals surface area contributed by atoms with Crippen LogP contribution in [0.4, 0.5) is 5.69 Å². The SMILES string of the molecule is Cc1cc(-c2ccncc2)c(C)cc1NC(=O)C1COc2ccccc2O1. The number of para-hydroxylation sites is 2. The predicted octanol–water partition coefficient (Wildman–Crippen LogP) is 4.14. The second kappa shape index (κ2) is 7.11. The molecule has 5 nitrogen and oxygen atoms in total. The van der Waals surface area contributed by atoms with E-state index in [2.05, 4.69) is 16.4 Å². The van der Waals surface area contributed by atoms with E-state index in [1.807, 2.05) is 50.2 Å². The predicted molar refractivity (Wildman–Crippen MR) is 104 cm³/mol. The van der Waals surface area contributed by atoms with E-state index in [9.17, 15) is 4.79 Å². The molecule has 4 rings (SSSR count). The van der Waals surface area contributed by atoms with E-state index in [-0.39, 0.29) is 12.5 Å². The third-order valence-corrected chi connectivity index (χ3v) is 4.62. The number of anilines is 1. The molecule has 0 spiro atoms. The molecule has 1 aliphatic heterocycles. The average molecular weight is 360 g/mol. The summed E-state index contributed by atoms with van der Waals surface area (Å²) in [7, 11) is 0. The van der Waals surface area contributed by atoms with Gasteiger partial charge < -0.3 is 14.8 Å². The van der Waals surface area contributed by atoms with Crippen molar-refractivity contribution >= 4 is 11.6 Å². The highest BCUT2D eigenvalue weighted by molar-refractivity contribution is 5.96. The van der Waals surface area contributed by atoms with E-state index in [0.717, 1.165) is 27.9 Å². The van der Waals surface area contributed by atoms with E-state index < -0.39 is 6.10 Å². The molecule has 0 radical (unpaired) electrons. The highest BCUT2D eigenvalue weighted by Crippen LogP contribution is 2.32. The molecule has 5 heteroatoms. The Hall–Kier alpha value is -3.34. The first-order chi connectivity index (χ1) is 13.1. The summed E-state index contributed by atoms with van der Waals surface area (Å²) >= 11 is 0. The molecule has 1 N–H and O–H groups in total. The van der Waals surface area contributed by atoms with Crippen molar-refractivity contribution in [1.29, 1.82) is 0 Å². The molecular formula is C22H20N2O3. The number of amides is 1. The Bertz CT molecular complexity index is 986. The summed E-state index contributed by atoms with van der Waals surface area (Å²) in [5.74, 6) is 1.03. The zero-order valence-electron chi connectivity index (χ0n) is 15.2. The van der Waals surface area contributed by atoms with Crippen molar-refractivity contribution in [1.82, 2.24) is 4.98 Å². The van der Waals surface area contributed by atoms with Gasteiger partial charge in [0, 0.05) is 18.1 Å². The Morgan fingerprint density at radius 1 is 1.04 bits per heavy atom. The van der Waals surface area contributed by atoms with Crippen molar-refractivity contribution in [2.75, 3.05) is 11.9 Å². The third-order valence-electron chi connectivity index (χ3n) is 4.62. The number of aromatic nitrogens is 1. The number of nitrogens with zero attached hydrogens (tertiary/aromatic N) is 1. The monoisotopic (exact) mass is 360 g/mol. The lowest BCUT2D eigenvalue weighted by Crippen LogP contribution is -2.40. The van der Waals surface area contributed by atoms with Gasteiger partial charge in [0.15, 0.2) is 11.5 Å². The van der Waals surface area contributed by atoms with Crippen LogP contribution in [0.25, 0.3) is 11.1 Å². The summed E-state index contributed by atoms with van der Waals surface area (Å²) in [6, 6.07) is 15.4. The minimum Gasteiger partial charge on any atom is -0.485 e. The zero-order valence-corrected chi connectivity index (χ0v) is 15.2. The molecule has 1 atom stereocenters. The standard InChI is InChI=1S/C22H20N2O3/c1-14-12-18(15(2)11-17(14)16-7-9-23-10-8-16)24-22(25)21-13-26-19-5-3-4-6-20(19)27-21/h3-12,21H,13H2,1-2H3,(H,24,25). The van der Waals surface area contributed by atoms with Crippen LogP contribution in [0, 0.1) is 13.8 Å². The van der Waals surface area contributed by atoms with Crippen molar-refractivity contribution < 1.29 is 14.3 Å². The second-order valence-corrected chi connectivity index (χ2v) is 6.57. The van der Waals surface area contributed by atoms with Gasteiger partial charge in [0.25, 0.3) is 5.91 Å². The summed E-state index contributed by atoms with van der Waals surface area (Å²) in [4.78, 5) is 16.7. The number of carbonyl (C=O) groups is 1. The lowest BCUT2D eigenvalue weighted by Gasteiger charge is -2.26. The Kier molecular flexibility index (Phi) is 4.50. The topological polar surface area (TPSA) is 60.5 Å². The Morgan fingerprint density at radius 3 is 2.56 bits per heavy atom. The highest BCUT2D eigenvalue weighted by Gasteiger charge is 2.27. The quantitative estimate of drug-likeness (QED) is 0.762. The zero-order chi connectivity index (χ0) is 18.8. The van der Waals surface area contributed by atoms with Crippen LogP contribution < -0.4 is 14.8 Å². The maximum atomic E-state index is 12.7. The Morgan fingerprint density at radius 2 is 1.78 bits per heavy atom. The molecule has 1 unspecified atom stereocenters. The van der Waals surface area contributed by atoms with Gasteiger partial charge >= 0.3 is 0 Å². The third kappa shape index (κ3) is 3.49. The summed E-state index contributed by atoms with van der Waals surface area (Å²) in [6.45, 7) is 4.20. The molecule has 0 bridgehead atoms. The molecule has 0 saturated heterocycles. The average Bonchev–Trinajstić information content (AvgIpc) is 2.70. The van der Waals surface area contributed by atoms with E-state index in [4.69, 9.17) is 9.47 Å². The maximum absolute atomic E-state index is 12.7. The molecule has 1 aliphatic rings. The van der Waals surface area contributed by atoms with Crippen LogP contribution in [0.15, 0.2) is 60.9 Å². The number of rotatable bonds is 3. The van der Waals surface area contributed by atoms with Crippen molar-refractivity contribution in [3.05, 3.63) is 72.1 Å². The van der Waals surface area contributed by atoms with E-state index >= 15 is 0 Å². The number of benzene rings is 2. The smallest absolute Gasteiger partial charge is 0.269 e. The number of hydrogen-bond donors (Lipinski definition) is 1. The van der Waals surface area contributed by atoms with Gasteiger partial charge in [0.05, 0.1) is 0 Å². The number of nitrogens with one attached hydrogen (secondary N) is 1. The van der Waals surface area contributed by atoms with Crippen LogP contribution >= 0.6 is 0 Å². The Balaban J connectivity index is 1.53. The van der Waals surface area contributed by atoms with Crippen molar-refractivity contribution in [2.45, 2.75) is 20.0 Å². The van der Waals surface area contributed by atoms with Crippen molar-refractivity contribution in [3.8, 4) is 22.6 Å². The van der Waals surface area contributed by atoms with Crippen LogP contribution in [-0.2, 0) is 4.79 Å². The molecule has 0 saturated carbocycles. The number of hydrogen-bond acceptors (Lipinski definition) is 4. The van der Waals surface area contributed by atoms with Gasteiger partial charge in [-0.3, -0.25) is 9.78 Å². The minimum atomic E-state index is -0.681. The van der Waals surface area contributed by atoms with Gasteiger partial charge in [0.2, 0.25) is 6.10 Å². The van der Waals surface area contributed by atoms with Crippen molar-refractivity contribution in [3.63, 3.8) is 0 Å². The van der Waals surface area contributed by atoms with Gasteiger partial charge in [0.1, 0.15) is 6.61 Å². The lowest BCUT2D eigenvalue weighted by atomic mass is 9.98. The molecule has 1 amide bonds. The molecule has 0 fully saturated rings. The Labute approximate surface area is 158 Å². The van der Waals surface area contributed by atoms with Crippen LogP contribution in [0.5, 0.6) is 11.5 Å². The molecule has 2 aromatic carbocycles. The lowest BCUT2D eigenvalue weighted by molar-refractivity contribution is -0.125. The number of fused-ring (bicyclic) bond motifs is 1. The highest BCUT2D eigenvalue weighted by atomic mass is 16.6. The van der Waals surface area contributed by atoms with Gasteiger partial charge in [-0.15, -0.1) is 0 Å². The van der Waals surface area contributed by atoms with Gasteiger partial charge in [-0.25, -0.2) is 0 Å². The van der Waals surface area contributed by atoms with Crippen LogP contribution in [0.2, 0.25) is 0 Å². The summed E-state index contributed by atoms with van der Waals surface area (Å²) in [5, 5.41) is 2.97. The minimum absolute atomic E-state index is 0.190. The van der Waals surface area contributed by atoms with E-state index in [1.54, 1.807) is 18.5 Å². The molecule has 27 heavy (non-hydrogen) atoms. The van der Waals surface area contributed by atoms with E-state index in [1.165, 1.54) is 0 Å². The summed E-state index contributed by atoms with van der Waals surface area (Å²) in [5.41, 5.74) is 5.06. The normalized spacial score (nSPS) is 15.3. The first-order valence-corrected chi connectivity index (χ1v) is 8.83. The second-order valence-electron chi connectivity index (χ2n) is 6.57. The first-order valence-electron chi connectivity index (χ1n) is 8.83. The fourth-order valence-corrected chi connectivity index (χ4v) is 3.16.